The molecule has 0 aromatic heterocycles. The molecule has 0 nitrogen and oxygen atoms in total. The van der Waals surface area contributed by atoms with Crippen LogP contribution in [-0.4, -0.2) is 0 Å². The minimum Gasteiger partial charge on any atom is -0.0995 e. The summed E-state index contributed by atoms with van der Waals surface area (Å²) in [5.74, 6) is 0.644. The zero-order chi connectivity index (χ0) is 6.85. The third-order valence-corrected chi connectivity index (χ3v) is 2.08. The van der Waals surface area contributed by atoms with E-state index in [1.54, 1.807) is 0 Å². The van der Waals surface area contributed by atoms with E-state index in [1.165, 1.54) is 30.4 Å². The van der Waals surface area contributed by atoms with Gasteiger partial charge < -0.3 is 0 Å². The Labute approximate surface area is 57.3 Å². The van der Waals surface area contributed by atoms with Gasteiger partial charge in [-0.05, 0) is 32.1 Å². The van der Waals surface area contributed by atoms with Crippen LogP contribution in [0.15, 0.2) is 24.3 Å². The van der Waals surface area contributed by atoms with Gasteiger partial charge in [-0.3, -0.25) is 0 Å². The number of hydrogen-bond donors (Lipinski definition) is 0. The van der Waals surface area contributed by atoms with E-state index >= 15 is 0 Å². The smallest absolute Gasteiger partial charge is 0.000111 e. The average Bonchev–Trinajstić information content (AvgIpc) is 2.13. The molecule has 1 aliphatic rings. The van der Waals surface area contributed by atoms with Crippen LogP contribution in [0.25, 0.3) is 0 Å². The third kappa shape index (κ3) is 1.24. The first-order valence-electron chi connectivity index (χ1n) is 3.55. The largest absolute Gasteiger partial charge is 0.0995 e. The van der Waals surface area contributed by atoms with Gasteiger partial charge in [-0.15, -0.1) is 0 Å². The van der Waals surface area contributed by atoms with E-state index in [9.17, 15) is 0 Å². The Kier molecular flexibility index (Phi) is 1.75. The Balaban J connectivity index is 2.60. The summed E-state index contributed by atoms with van der Waals surface area (Å²) in [6.45, 7) is 10.0. The van der Waals surface area contributed by atoms with Crippen LogP contribution in [0.1, 0.15) is 26.2 Å². The first-order valence-corrected chi connectivity index (χ1v) is 3.55. The molecule has 0 aromatic carbocycles. The van der Waals surface area contributed by atoms with Crippen LogP contribution < -0.4 is 0 Å². The van der Waals surface area contributed by atoms with Crippen molar-refractivity contribution in [2.45, 2.75) is 26.2 Å². The average molecular weight is 122 g/mol. The van der Waals surface area contributed by atoms with Crippen molar-refractivity contribution in [1.82, 2.24) is 0 Å². The maximum absolute atomic E-state index is 4.00. The lowest BCUT2D eigenvalue weighted by atomic mass is 9.97. The van der Waals surface area contributed by atoms with Gasteiger partial charge in [-0.2, -0.15) is 0 Å². The lowest BCUT2D eigenvalue weighted by Crippen LogP contribution is -1.94. The summed E-state index contributed by atoms with van der Waals surface area (Å²) in [5, 5.41) is 0. The van der Waals surface area contributed by atoms with E-state index in [4.69, 9.17) is 0 Å². The highest BCUT2D eigenvalue weighted by atomic mass is 14.2. The summed E-state index contributed by atoms with van der Waals surface area (Å²) >= 11 is 0. The van der Waals surface area contributed by atoms with Crippen LogP contribution >= 0.6 is 0 Å². The van der Waals surface area contributed by atoms with Gasteiger partial charge in [0.05, 0.1) is 0 Å². The van der Waals surface area contributed by atoms with Crippen LogP contribution in [0, 0.1) is 5.92 Å². The van der Waals surface area contributed by atoms with Crippen LogP contribution in [0.3, 0.4) is 0 Å². The molecule has 1 rings (SSSR count). The standard InChI is InChI=1S/C9H14/c1-7(2)9-6-4-5-8(9)3/h9H,1,3-6H2,2H3. The second kappa shape index (κ2) is 2.38. The summed E-state index contributed by atoms with van der Waals surface area (Å²) in [6, 6.07) is 0. The Morgan fingerprint density at radius 3 is 2.56 bits per heavy atom. The molecule has 0 aliphatic heterocycles. The molecule has 0 aromatic rings. The molecule has 0 heteroatoms. The molecule has 1 fully saturated rings. The van der Waals surface area contributed by atoms with Gasteiger partial charge >= 0.3 is 0 Å². The van der Waals surface area contributed by atoms with E-state index in [0.29, 0.717) is 5.92 Å². The Morgan fingerprint density at radius 1 is 1.67 bits per heavy atom. The molecule has 0 spiro atoms. The molecule has 1 saturated carbocycles. The summed E-state index contributed by atoms with van der Waals surface area (Å²) < 4.78 is 0. The van der Waals surface area contributed by atoms with Gasteiger partial charge in [0.25, 0.3) is 0 Å². The summed E-state index contributed by atoms with van der Waals surface area (Å²) in [5.41, 5.74) is 2.68. The summed E-state index contributed by atoms with van der Waals surface area (Å²) in [4.78, 5) is 0. The second-order valence-electron chi connectivity index (χ2n) is 2.95. The molecule has 1 unspecified atom stereocenters. The monoisotopic (exact) mass is 122 g/mol. The lowest BCUT2D eigenvalue weighted by Gasteiger charge is -2.08. The fourth-order valence-electron chi connectivity index (χ4n) is 1.51. The first-order chi connectivity index (χ1) is 4.22. The van der Waals surface area contributed by atoms with Crippen LogP contribution in [0.2, 0.25) is 0 Å². The third-order valence-electron chi connectivity index (χ3n) is 2.08. The Bertz CT molecular complexity index is 142. The quantitative estimate of drug-likeness (QED) is 0.469. The number of rotatable bonds is 1. The van der Waals surface area contributed by atoms with Crippen molar-refractivity contribution < 1.29 is 0 Å². The highest BCUT2D eigenvalue weighted by Gasteiger charge is 2.18. The molecule has 0 radical (unpaired) electrons. The van der Waals surface area contributed by atoms with Crippen LogP contribution in [0.4, 0.5) is 0 Å². The first kappa shape index (κ1) is 6.60. The molecule has 50 valence electrons. The van der Waals surface area contributed by atoms with Gasteiger partial charge in [0.1, 0.15) is 0 Å². The van der Waals surface area contributed by atoms with E-state index < -0.39 is 0 Å². The molecule has 9 heavy (non-hydrogen) atoms. The van der Waals surface area contributed by atoms with E-state index in [0.717, 1.165) is 0 Å². The number of allylic oxidation sites excluding steroid dienone is 2. The second-order valence-corrected chi connectivity index (χ2v) is 2.95. The van der Waals surface area contributed by atoms with Crippen molar-refractivity contribution in [3.05, 3.63) is 24.3 Å². The topological polar surface area (TPSA) is 0 Å². The number of hydrogen-bond acceptors (Lipinski definition) is 0. The van der Waals surface area contributed by atoms with Crippen molar-refractivity contribution in [1.29, 1.82) is 0 Å². The molecule has 0 N–H and O–H groups in total. The van der Waals surface area contributed by atoms with Gasteiger partial charge in [0.15, 0.2) is 0 Å². The van der Waals surface area contributed by atoms with Crippen molar-refractivity contribution in [3.8, 4) is 0 Å². The lowest BCUT2D eigenvalue weighted by molar-refractivity contribution is 0.727. The zero-order valence-corrected chi connectivity index (χ0v) is 6.11. The molecule has 0 bridgehead atoms. The summed E-state index contributed by atoms with van der Waals surface area (Å²) in [7, 11) is 0. The highest BCUT2D eigenvalue weighted by molar-refractivity contribution is 5.17. The predicted molar refractivity (Wildman–Crippen MR) is 41.3 cm³/mol. The van der Waals surface area contributed by atoms with Gasteiger partial charge in [0.2, 0.25) is 0 Å². The molecule has 0 amide bonds. The zero-order valence-electron chi connectivity index (χ0n) is 6.11. The molecule has 0 heterocycles. The van der Waals surface area contributed by atoms with Gasteiger partial charge in [-0.25, -0.2) is 0 Å². The van der Waals surface area contributed by atoms with Crippen molar-refractivity contribution in [2.24, 2.45) is 5.92 Å². The Hall–Kier alpha value is -0.520. The minimum atomic E-state index is 0.644. The highest BCUT2D eigenvalue weighted by Crippen LogP contribution is 2.33. The fourth-order valence-corrected chi connectivity index (χ4v) is 1.51. The molecular formula is C9H14. The van der Waals surface area contributed by atoms with E-state index in [-0.39, 0.29) is 0 Å². The summed E-state index contributed by atoms with van der Waals surface area (Å²) in [6.07, 6.45) is 3.82. The SMILES string of the molecule is C=C(C)C1CCCC1=C. The molecule has 1 aliphatic carbocycles. The van der Waals surface area contributed by atoms with Crippen molar-refractivity contribution >= 4 is 0 Å². The maximum atomic E-state index is 4.00. The van der Waals surface area contributed by atoms with E-state index in [2.05, 4.69) is 20.1 Å². The molecular weight excluding hydrogens is 108 g/mol. The molecule has 1 atom stereocenters. The van der Waals surface area contributed by atoms with Crippen molar-refractivity contribution in [2.75, 3.05) is 0 Å². The Morgan fingerprint density at radius 2 is 2.33 bits per heavy atom. The minimum absolute atomic E-state index is 0.644. The normalized spacial score (nSPS) is 26.8. The van der Waals surface area contributed by atoms with Gasteiger partial charge in [0, 0.05) is 0 Å². The van der Waals surface area contributed by atoms with Gasteiger partial charge in [-0.1, -0.05) is 24.3 Å². The molecule has 0 saturated heterocycles. The van der Waals surface area contributed by atoms with E-state index in [1.807, 2.05) is 0 Å². The van der Waals surface area contributed by atoms with Crippen LogP contribution in [0.5, 0.6) is 0 Å². The predicted octanol–water partition coefficient (Wildman–Crippen LogP) is 2.92. The fraction of sp³-hybridized carbons (Fsp3) is 0.556. The van der Waals surface area contributed by atoms with Crippen LogP contribution in [-0.2, 0) is 0 Å². The maximum Gasteiger partial charge on any atom is -0.000111 e. The van der Waals surface area contributed by atoms with Crippen molar-refractivity contribution in [3.63, 3.8) is 0 Å².